The van der Waals surface area contributed by atoms with Crippen molar-refractivity contribution >= 4 is 35.2 Å². The van der Waals surface area contributed by atoms with Crippen LogP contribution in [-0.4, -0.2) is 51.4 Å². The number of anilines is 1. The van der Waals surface area contributed by atoms with Gasteiger partial charge in [0, 0.05) is 18.8 Å². The van der Waals surface area contributed by atoms with Crippen molar-refractivity contribution in [3.8, 4) is 0 Å². The summed E-state index contributed by atoms with van der Waals surface area (Å²) in [5.74, 6) is 0.304. The SMILES string of the molecule is CC(CO)Nc1ncc2c(n1)CN(C(=O)NC(CC(F)(F)F)c1ccc(Cl)c(Cl)c1)CC2. The summed E-state index contributed by atoms with van der Waals surface area (Å²) < 4.78 is 39.5. The first-order valence-corrected chi connectivity index (χ1v) is 10.6. The molecule has 2 aromatic rings. The number of carbonyl (C=O) groups excluding carboxylic acids is 1. The molecule has 0 radical (unpaired) electrons. The molecule has 2 unspecified atom stereocenters. The number of hydrogen-bond donors (Lipinski definition) is 3. The molecule has 1 aliphatic rings. The number of nitrogens with one attached hydrogen (secondary N) is 2. The van der Waals surface area contributed by atoms with Crippen LogP contribution in [0.15, 0.2) is 24.4 Å². The summed E-state index contributed by atoms with van der Waals surface area (Å²) in [6.45, 7) is 2.07. The second-order valence-corrected chi connectivity index (χ2v) is 8.37. The zero-order chi connectivity index (χ0) is 23.5. The van der Waals surface area contributed by atoms with Crippen molar-refractivity contribution in [1.82, 2.24) is 20.2 Å². The molecule has 0 fully saturated rings. The molecule has 0 bridgehead atoms. The number of benzene rings is 1. The number of alkyl halides is 3. The number of aliphatic hydroxyl groups is 1. The molecule has 1 aliphatic heterocycles. The standard InChI is InChI=1S/C20H22Cl2F3N5O2/c1-11(10-31)27-18-26-8-13-4-5-30(9-17(13)28-18)19(32)29-16(7-20(23,24)25)12-2-3-14(21)15(22)6-12/h2-3,6,8,11,16,31H,4-5,7,9-10H2,1H3,(H,29,32)(H,26,27,28). The number of carbonyl (C=O) groups is 1. The van der Waals surface area contributed by atoms with Gasteiger partial charge >= 0.3 is 12.2 Å². The fourth-order valence-corrected chi connectivity index (χ4v) is 3.57. The third kappa shape index (κ3) is 6.36. The van der Waals surface area contributed by atoms with Crippen LogP contribution in [0, 0.1) is 0 Å². The number of rotatable bonds is 6. The monoisotopic (exact) mass is 491 g/mol. The van der Waals surface area contributed by atoms with Crippen LogP contribution in [0.25, 0.3) is 0 Å². The van der Waals surface area contributed by atoms with Crippen molar-refractivity contribution in [2.45, 2.75) is 44.6 Å². The maximum absolute atomic E-state index is 13.2. The van der Waals surface area contributed by atoms with E-state index in [4.69, 9.17) is 28.3 Å². The number of amides is 2. The molecule has 3 N–H and O–H groups in total. The van der Waals surface area contributed by atoms with Gasteiger partial charge in [0.2, 0.25) is 5.95 Å². The number of halogens is 5. The summed E-state index contributed by atoms with van der Waals surface area (Å²) in [4.78, 5) is 22.8. The van der Waals surface area contributed by atoms with Crippen molar-refractivity contribution in [2.75, 3.05) is 18.5 Å². The molecule has 32 heavy (non-hydrogen) atoms. The predicted octanol–water partition coefficient (Wildman–Crippen LogP) is 4.34. The van der Waals surface area contributed by atoms with E-state index >= 15 is 0 Å². The third-order valence-corrected chi connectivity index (χ3v) is 5.70. The van der Waals surface area contributed by atoms with Gasteiger partial charge in [0.05, 0.1) is 41.4 Å². The van der Waals surface area contributed by atoms with Crippen LogP contribution in [0.3, 0.4) is 0 Å². The Morgan fingerprint density at radius 3 is 2.72 bits per heavy atom. The van der Waals surface area contributed by atoms with Crippen LogP contribution in [0.1, 0.15) is 36.2 Å². The Morgan fingerprint density at radius 2 is 2.06 bits per heavy atom. The Hall–Kier alpha value is -2.30. The summed E-state index contributed by atoms with van der Waals surface area (Å²) in [6.07, 6.45) is -3.65. The van der Waals surface area contributed by atoms with Gasteiger partial charge in [-0.15, -0.1) is 0 Å². The largest absolute Gasteiger partial charge is 0.394 e. The lowest BCUT2D eigenvalue weighted by Gasteiger charge is -2.30. The minimum atomic E-state index is -4.50. The number of aromatic nitrogens is 2. The lowest BCUT2D eigenvalue weighted by molar-refractivity contribution is -0.139. The lowest BCUT2D eigenvalue weighted by atomic mass is 10.0. The Labute approximate surface area is 192 Å². The van der Waals surface area contributed by atoms with E-state index in [0.29, 0.717) is 24.6 Å². The van der Waals surface area contributed by atoms with Crippen molar-refractivity contribution in [1.29, 1.82) is 0 Å². The van der Waals surface area contributed by atoms with E-state index in [2.05, 4.69) is 20.6 Å². The second kappa shape index (κ2) is 10.1. The van der Waals surface area contributed by atoms with Crippen molar-refractivity contribution in [2.24, 2.45) is 0 Å². The summed E-state index contributed by atoms with van der Waals surface area (Å²) in [6, 6.07) is 1.89. The number of aliphatic hydroxyl groups excluding tert-OH is 1. The quantitative estimate of drug-likeness (QED) is 0.559. The van der Waals surface area contributed by atoms with Crippen molar-refractivity contribution < 1.29 is 23.1 Å². The fourth-order valence-electron chi connectivity index (χ4n) is 3.27. The van der Waals surface area contributed by atoms with Crippen LogP contribution in [0.2, 0.25) is 10.0 Å². The summed E-state index contributed by atoms with van der Waals surface area (Å²) in [7, 11) is 0. The van der Waals surface area contributed by atoms with Gasteiger partial charge in [-0.1, -0.05) is 29.3 Å². The lowest BCUT2D eigenvalue weighted by Crippen LogP contribution is -2.45. The molecule has 1 aromatic carbocycles. The van der Waals surface area contributed by atoms with E-state index in [-0.39, 0.29) is 34.8 Å². The van der Waals surface area contributed by atoms with Gasteiger partial charge < -0.3 is 20.6 Å². The molecule has 3 rings (SSSR count). The third-order valence-electron chi connectivity index (χ3n) is 4.96. The molecule has 0 saturated carbocycles. The summed E-state index contributed by atoms with van der Waals surface area (Å²) >= 11 is 11.8. The average molecular weight is 492 g/mol. The highest BCUT2D eigenvalue weighted by Crippen LogP contribution is 2.33. The van der Waals surface area contributed by atoms with Gasteiger partial charge in [0.15, 0.2) is 0 Å². The molecule has 0 aliphatic carbocycles. The van der Waals surface area contributed by atoms with Gasteiger partial charge in [-0.2, -0.15) is 13.2 Å². The van der Waals surface area contributed by atoms with E-state index in [9.17, 15) is 18.0 Å². The molecule has 2 atom stereocenters. The first-order chi connectivity index (χ1) is 15.1. The zero-order valence-corrected chi connectivity index (χ0v) is 18.6. The van der Waals surface area contributed by atoms with Gasteiger partial charge in [0.25, 0.3) is 0 Å². The molecule has 7 nitrogen and oxygen atoms in total. The first-order valence-electron chi connectivity index (χ1n) is 9.85. The molecule has 0 spiro atoms. The smallest absolute Gasteiger partial charge is 0.391 e. The van der Waals surface area contributed by atoms with E-state index in [1.807, 2.05) is 0 Å². The normalized spacial score (nSPS) is 15.7. The molecule has 12 heteroatoms. The maximum Gasteiger partial charge on any atom is 0.391 e. The Kier molecular flexibility index (Phi) is 7.68. The number of nitrogens with zero attached hydrogens (tertiary/aromatic N) is 3. The molecule has 2 amide bonds. The molecule has 1 aromatic heterocycles. The topological polar surface area (TPSA) is 90.4 Å². The van der Waals surface area contributed by atoms with Gasteiger partial charge in [-0.05, 0) is 36.6 Å². The first kappa shape index (κ1) is 24.3. The van der Waals surface area contributed by atoms with Crippen LogP contribution in [0.5, 0.6) is 0 Å². The molecule has 2 heterocycles. The van der Waals surface area contributed by atoms with Crippen molar-refractivity contribution in [3.63, 3.8) is 0 Å². The predicted molar refractivity (Wildman–Crippen MR) is 115 cm³/mol. The van der Waals surface area contributed by atoms with E-state index in [1.54, 1.807) is 13.1 Å². The average Bonchev–Trinajstić information content (AvgIpc) is 2.73. The molecule has 0 saturated heterocycles. The van der Waals surface area contributed by atoms with E-state index in [1.165, 1.54) is 23.1 Å². The van der Waals surface area contributed by atoms with Crippen molar-refractivity contribution in [3.05, 3.63) is 51.3 Å². The van der Waals surface area contributed by atoms with Crippen LogP contribution < -0.4 is 10.6 Å². The molecular formula is C20H22Cl2F3N5O2. The highest BCUT2D eigenvalue weighted by Gasteiger charge is 2.35. The number of urea groups is 1. The van der Waals surface area contributed by atoms with Crippen LogP contribution >= 0.6 is 23.2 Å². The van der Waals surface area contributed by atoms with Crippen LogP contribution in [-0.2, 0) is 13.0 Å². The van der Waals surface area contributed by atoms with Gasteiger partial charge in [-0.3, -0.25) is 0 Å². The Bertz CT molecular complexity index is 977. The molecule has 174 valence electrons. The molecular weight excluding hydrogens is 470 g/mol. The highest BCUT2D eigenvalue weighted by molar-refractivity contribution is 6.42. The van der Waals surface area contributed by atoms with Gasteiger partial charge in [-0.25, -0.2) is 14.8 Å². The highest BCUT2D eigenvalue weighted by atomic mass is 35.5. The second-order valence-electron chi connectivity index (χ2n) is 7.56. The Morgan fingerprint density at radius 1 is 1.31 bits per heavy atom. The summed E-state index contributed by atoms with van der Waals surface area (Å²) in [5.41, 5.74) is 1.65. The number of fused-ring (bicyclic) bond motifs is 1. The fraction of sp³-hybridized carbons (Fsp3) is 0.450. The van der Waals surface area contributed by atoms with E-state index in [0.717, 1.165) is 5.56 Å². The number of hydrogen-bond acceptors (Lipinski definition) is 5. The zero-order valence-electron chi connectivity index (χ0n) is 17.1. The van der Waals surface area contributed by atoms with Crippen LogP contribution in [0.4, 0.5) is 23.9 Å². The van der Waals surface area contributed by atoms with E-state index < -0.39 is 24.7 Å². The Balaban J connectivity index is 1.75. The van der Waals surface area contributed by atoms with Gasteiger partial charge in [0.1, 0.15) is 0 Å². The minimum absolute atomic E-state index is 0.103. The maximum atomic E-state index is 13.2. The summed E-state index contributed by atoms with van der Waals surface area (Å²) in [5, 5.41) is 14.9. The minimum Gasteiger partial charge on any atom is -0.394 e.